The Morgan fingerprint density at radius 1 is 1.37 bits per heavy atom. The molecule has 3 nitrogen and oxygen atoms in total. The summed E-state index contributed by atoms with van der Waals surface area (Å²) in [5.41, 5.74) is 2.53. The van der Waals surface area contributed by atoms with Crippen molar-refractivity contribution in [3.05, 3.63) is 29.8 Å². The van der Waals surface area contributed by atoms with E-state index in [2.05, 4.69) is 14.9 Å². The van der Waals surface area contributed by atoms with Gasteiger partial charge in [0.2, 0.25) is 0 Å². The Labute approximate surface area is 111 Å². The van der Waals surface area contributed by atoms with E-state index in [0.29, 0.717) is 5.54 Å². The van der Waals surface area contributed by atoms with E-state index < -0.39 is 0 Å². The monoisotopic (exact) mass is 259 g/mol. The zero-order valence-electron chi connectivity index (χ0n) is 11.0. The smallest absolute Gasteiger partial charge is 0.142 e. The van der Waals surface area contributed by atoms with Crippen LogP contribution >= 0.6 is 0 Å². The number of fused-ring (bicyclic) bond motifs is 1. The molecule has 19 heavy (non-hydrogen) atoms. The van der Waals surface area contributed by atoms with Crippen LogP contribution in [0.25, 0.3) is 11.0 Å². The van der Waals surface area contributed by atoms with Crippen molar-refractivity contribution < 1.29 is 4.39 Å². The van der Waals surface area contributed by atoms with Gasteiger partial charge in [-0.05, 0) is 43.7 Å². The number of aromatic amines is 1. The molecule has 2 fully saturated rings. The van der Waals surface area contributed by atoms with E-state index in [9.17, 15) is 4.39 Å². The Kier molecular flexibility index (Phi) is 2.42. The summed E-state index contributed by atoms with van der Waals surface area (Å²) in [5, 5.41) is 0.934. The minimum atomic E-state index is -0.257. The third-order valence-electron chi connectivity index (χ3n) is 5.04. The summed E-state index contributed by atoms with van der Waals surface area (Å²) in [7, 11) is 0. The van der Waals surface area contributed by atoms with Crippen LogP contribution < -0.4 is 0 Å². The number of nitrogens with one attached hydrogen (secondary N) is 1. The van der Waals surface area contributed by atoms with Crippen molar-refractivity contribution in [2.75, 3.05) is 13.1 Å². The highest BCUT2D eigenvalue weighted by atomic mass is 19.1. The molecule has 0 radical (unpaired) electrons. The zero-order valence-corrected chi connectivity index (χ0v) is 11.0. The van der Waals surface area contributed by atoms with E-state index in [0.717, 1.165) is 24.0 Å². The minimum Gasteiger partial charge on any atom is -0.346 e. The zero-order chi connectivity index (χ0) is 12.9. The molecule has 1 aliphatic carbocycles. The van der Waals surface area contributed by atoms with Crippen LogP contribution in [-0.2, 0) is 6.42 Å². The Balaban J connectivity index is 1.51. The predicted molar refractivity (Wildman–Crippen MR) is 72.5 cm³/mol. The second kappa shape index (κ2) is 4.04. The molecule has 2 aromatic heterocycles. The van der Waals surface area contributed by atoms with Crippen LogP contribution in [0.3, 0.4) is 0 Å². The normalized spacial score (nSPS) is 21.5. The largest absolute Gasteiger partial charge is 0.346 e. The van der Waals surface area contributed by atoms with Crippen LogP contribution in [0.2, 0.25) is 0 Å². The molecule has 2 aromatic rings. The van der Waals surface area contributed by atoms with Crippen molar-refractivity contribution in [1.82, 2.24) is 14.9 Å². The average Bonchev–Trinajstić information content (AvgIpc) is 2.69. The van der Waals surface area contributed by atoms with E-state index in [-0.39, 0.29) is 5.82 Å². The Hall–Kier alpha value is -1.42. The number of aromatic nitrogens is 2. The van der Waals surface area contributed by atoms with Gasteiger partial charge < -0.3 is 4.98 Å². The van der Waals surface area contributed by atoms with Crippen molar-refractivity contribution in [3.63, 3.8) is 0 Å². The number of hydrogen-bond acceptors (Lipinski definition) is 2. The Bertz CT molecular complexity index is 609. The number of rotatable bonds is 3. The van der Waals surface area contributed by atoms with Gasteiger partial charge in [-0.1, -0.05) is 0 Å². The summed E-state index contributed by atoms with van der Waals surface area (Å²) in [4.78, 5) is 9.82. The molecule has 4 rings (SSSR count). The van der Waals surface area contributed by atoms with Gasteiger partial charge >= 0.3 is 0 Å². The first-order valence-electron chi connectivity index (χ1n) is 7.13. The van der Waals surface area contributed by atoms with Gasteiger partial charge in [0.1, 0.15) is 11.5 Å². The molecule has 4 heteroatoms. The van der Waals surface area contributed by atoms with Crippen molar-refractivity contribution >= 4 is 11.0 Å². The van der Waals surface area contributed by atoms with Gasteiger partial charge in [0.15, 0.2) is 0 Å². The van der Waals surface area contributed by atoms with Crippen molar-refractivity contribution in [2.45, 2.75) is 37.6 Å². The summed E-state index contributed by atoms with van der Waals surface area (Å²) >= 11 is 0. The second-order valence-electron chi connectivity index (χ2n) is 5.93. The molecule has 0 bridgehead atoms. The first-order valence-corrected chi connectivity index (χ1v) is 7.13. The van der Waals surface area contributed by atoms with Crippen molar-refractivity contribution in [3.8, 4) is 0 Å². The molecule has 1 saturated carbocycles. The van der Waals surface area contributed by atoms with Gasteiger partial charge in [0.05, 0.1) is 6.20 Å². The van der Waals surface area contributed by atoms with Gasteiger partial charge in [-0.25, -0.2) is 9.37 Å². The SMILES string of the molecule is Fc1cnc2[nH]cc(CCN3CCC34CCC4)c2c1. The van der Waals surface area contributed by atoms with Gasteiger partial charge in [-0.15, -0.1) is 0 Å². The van der Waals surface area contributed by atoms with E-state index in [1.165, 1.54) is 44.0 Å². The average molecular weight is 259 g/mol. The number of pyridine rings is 1. The molecule has 1 aliphatic heterocycles. The topological polar surface area (TPSA) is 31.9 Å². The number of hydrogen-bond donors (Lipinski definition) is 1. The maximum absolute atomic E-state index is 13.3. The number of nitrogens with zero attached hydrogens (tertiary/aromatic N) is 2. The molecule has 0 aromatic carbocycles. The highest BCUT2D eigenvalue weighted by Crippen LogP contribution is 2.46. The standard InChI is InChI=1S/C15H18FN3/c16-12-8-13-11(9-17-14(13)18-10-12)2-6-19-7-5-15(19)3-1-4-15/h8-10H,1-7H2,(H,17,18). The maximum Gasteiger partial charge on any atom is 0.142 e. The molecule has 1 saturated heterocycles. The third kappa shape index (κ3) is 1.70. The molecular formula is C15H18FN3. The van der Waals surface area contributed by atoms with E-state index in [1.807, 2.05) is 6.20 Å². The summed E-state index contributed by atoms with van der Waals surface area (Å²) in [6.07, 6.45) is 9.72. The van der Waals surface area contributed by atoms with E-state index >= 15 is 0 Å². The lowest BCUT2D eigenvalue weighted by atomic mass is 9.68. The van der Waals surface area contributed by atoms with Crippen LogP contribution in [0.1, 0.15) is 31.2 Å². The molecule has 100 valence electrons. The van der Waals surface area contributed by atoms with Crippen molar-refractivity contribution in [1.29, 1.82) is 0 Å². The molecule has 0 amide bonds. The fourth-order valence-corrected chi connectivity index (χ4v) is 3.58. The highest BCUT2D eigenvalue weighted by Gasteiger charge is 2.48. The molecule has 1 N–H and O–H groups in total. The van der Waals surface area contributed by atoms with Crippen molar-refractivity contribution in [2.24, 2.45) is 0 Å². The predicted octanol–water partition coefficient (Wildman–Crippen LogP) is 2.87. The molecule has 0 unspecified atom stereocenters. The fourth-order valence-electron chi connectivity index (χ4n) is 3.58. The van der Waals surface area contributed by atoms with E-state index in [4.69, 9.17) is 0 Å². The Morgan fingerprint density at radius 2 is 2.26 bits per heavy atom. The summed E-state index contributed by atoms with van der Waals surface area (Å²) in [6, 6.07) is 1.59. The van der Waals surface area contributed by atoms with E-state index in [1.54, 1.807) is 6.07 Å². The van der Waals surface area contributed by atoms with Crippen LogP contribution in [-0.4, -0.2) is 33.5 Å². The minimum absolute atomic E-state index is 0.257. The third-order valence-corrected chi connectivity index (χ3v) is 5.04. The molecule has 1 spiro atoms. The lowest BCUT2D eigenvalue weighted by Gasteiger charge is -2.59. The summed E-state index contributed by atoms with van der Waals surface area (Å²) < 4.78 is 13.3. The van der Waals surface area contributed by atoms with Gasteiger partial charge in [0.25, 0.3) is 0 Å². The molecule has 3 heterocycles. The highest BCUT2D eigenvalue weighted by molar-refractivity contribution is 5.79. The fraction of sp³-hybridized carbons (Fsp3) is 0.533. The lowest BCUT2D eigenvalue weighted by Crippen LogP contribution is -2.63. The molecular weight excluding hydrogens is 241 g/mol. The Morgan fingerprint density at radius 3 is 2.95 bits per heavy atom. The molecule has 2 aliphatic rings. The maximum atomic E-state index is 13.3. The van der Waals surface area contributed by atoms with Gasteiger partial charge in [-0.3, -0.25) is 4.90 Å². The lowest BCUT2D eigenvalue weighted by molar-refractivity contribution is -0.0713. The number of halogens is 1. The number of likely N-dealkylation sites (tertiary alicyclic amines) is 1. The van der Waals surface area contributed by atoms with Gasteiger partial charge in [-0.2, -0.15) is 0 Å². The summed E-state index contributed by atoms with van der Waals surface area (Å²) in [6.45, 7) is 2.32. The first kappa shape index (κ1) is 11.4. The first-order chi connectivity index (χ1) is 9.27. The quantitative estimate of drug-likeness (QED) is 0.919. The van der Waals surface area contributed by atoms with Crippen LogP contribution in [0, 0.1) is 5.82 Å². The van der Waals surface area contributed by atoms with Crippen LogP contribution in [0.5, 0.6) is 0 Å². The van der Waals surface area contributed by atoms with Crippen LogP contribution in [0.15, 0.2) is 18.5 Å². The molecule has 0 atom stereocenters. The number of H-pyrrole nitrogens is 1. The summed E-state index contributed by atoms with van der Waals surface area (Å²) in [5.74, 6) is -0.257. The van der Waals surface area contributed by atoms with Gasteiger partial charge in [0, 0.05) is 30.2 Å². The second-order valence-corrected chi connectivity index (χ2v) is 5.93. The van der Waals surface area contributed by atoms with Crippen LogP contribution in [0.4, 0.5) is 4.39 Å².